The van der Waals surface area contributed by atoms with Crippen LogP contribution < -0.4 is 0 Å². The van der Waals surface area contributed by atoms with Crippen LogP contribution in [0.25, 0.3) is 22.6 Å². The molecule has 0 fully saturated rings. The minimum absolute atomic E-state index is 0.00471. The van der Waals surface area contributed by atoms with Crippen molar-refractivity contribution in [2.75, 3.05) is 14.1 Å². The number of aromatic amines is 1. The van der Waals surface area contributed by atoms with Crippen molar-refractivity contribution in [1.29, 1.82) is 0 Å². The van der Waals surface area contributed by atoms with E-state index in [1.54, 1.807) is 0 Å². The third kappa shape index (κ3) is 3.17. The zero-order valence-corrected chi connectivity index (χ0v) is 14.7. The van der Waals surface area contributed by atoms with Crippen LogP contribution in [0.15, 0.2) is 65.1 Å². The standard InChI is InChI=1S/C21H19N3O2/c1-24(2)13-16-9-11-19(26-16)21-22-17-10-8-15(12-18(17)23-21)20(25)14-6-4-3-5-7-14/h3-12H,13H2,1-2H3,(H,22,23). The van der Waals surface area contributed by atoms with Gasteiger partial charge in [0.2, 0.25) is 0 Å². The van der Waals surface area contributed by atoms with Gasteiger partial charge < -0.3 is 14.3 Å². The van der Waals surface area contributed by atoms with E-state index in [9.17, 15) is 4.79 Å². The monoisotopic (exact) mass is 345 g/mol. The number of imidazole rings is 1. The lowest BCUT2D eigenvalue weighted by Crippen LogP contribution is -2.09. The largest absolute Gasteiger partial charge is 0.456 e. The van der Waals surface area contributed by atoms with Gasteiger partial charge >= 0.3 is 0 Å². The van der Waals surface area contributed by atoms with E-state index < -0.39 is 0 Å². The molecule has 0 unspecified atom stereocenters. The number of carbonyl (C=O) groups excluding carboxylic acids is 1. The summed E-state index contributed by atoms with van der Waals surface area (Å²) >= 11 is 0. The summed E-state index contributed by atoms with van der Waals surface area (Å²) in [6, 6.07) is 18.6. The molecule has 0 radical (unpaired) electrons. The first kappa shape index (κ1) is 16.3. The topological polar surface area (TPSA) is 62.1 Å². The molecule has 0 aliphatic heterocycles. The molecule has 0 aliphatic rings. The summed E-state index contributed by atoms with van der Waals surface area (Å²) in [5, 5.41) is 0. The highest BCUT2D eigenvalue weighted by Gasteiger charge is 2.13. The first-order chi connectivity index (χ1) is 12.6. The normalized spacial score (nSPS) is 11.3. The van der Waals surface area contributed by atoms with Gasteiger partial charge in [0, 0.05) is 11.1 Å². The van der Waals surface area contributed by atoms with Crippen molar-refractivity contribution in [1.82, 2.24) is 14.9 Å². The smallest absolute Gasteiger partial charge is 0.193 e. The first-order valence-corrected chi connectivity index (χ1v) is 8.43. The van der Waals surface area contributed by atoms with E-state index >= 15 is 0 Å². The van der Waals surface area contributed by atoms with Gasteiger partial charge in [-0.1, -0.05) is 30.3 Å². The predicted octanol–water partition coefficient (Wildman–Crippen LogP) is 4.12. The Morgan fingerprint density at radius 3 is 2.62 bits per heavy atom. The summed E-state index contributed by atoms with van der Waals surface area (Å²) in [5.74, 6) is 2.23. The van der Waals surface area contributed by atoms with Gasteiger partial charge in [-0.25, -0.2) is 4.98 Å². The fourth-order valence-corrected chi connectivity index (χ4v) is 2.93. The van der Waals surface area contributed by atoms with Crippen LogP contribution in [0.5, 0.6) is 0 Å². The molecule has 2 heterocycles. The molecule has 1 N–H and O–H groups in total. The summed E-state index contributed by atoms with van der Waals surface area (Å²) in [5.41, 5.74) is 2.92. The molecule has 26 heavy (non-hydrogen) atoms. The molecule has 0 spiro atoms. The second-order valence-corrected chi connectivity index (χ2v) is 6.52. The lowest BCUT2D eigenvalue weighted by Gasteiger charge is -2.05. The second kappa shape index (κ2) is 6.61. The Balaban J connectivity index is 1.66. The third-order valence-corrected chi connectivity index (χ3v) is 4.15. The summed E-state index contributed by atoms with van der Waals surface area (Å²) in [7, 11) is 3.99. The number of carbonyl (C=O) groups is 1. The summed E-state index contributed by atoms with van der Waals surface area (Å²) in [6.07, 6.45) is 0. The third-order valence-electron chi connectivity index (χ3n) is 4.15. The quantitative estimate of drug-likeness (QED) is 0.553. The van der Waals surface area contributed by atoms with Gasteiger partial charge in [-0.05, 0) is 44.4 Å². The average molecular weight is 345 g/mol. The average Bonchev–Trinajstić information content (AvgIpc) is 3.27. The highest BCUT2D eigenvalue weighted by molar-refractivity contribution is 6.10. The molecular weight excluding hydrogens is 326 g/mol. The van der Waals surface area contributed by atoms with E-state index in [1.165, 1.54) is 0 Å². The maximum atomic E-state index is 12.6. The number of hydrogen-bond acceptors (Lipinski definition) is 4. The Hall–Kier alpha value is -3.18. The van der Waals surface area contributed by atoms with Crippen LogP contribution >= 0.6 is 0 Å². The molecule has 4 rings (SSSR count). The number of aromatic nitrogens is 2. The SMILES string of the molecule is CN(C)Cc1ccc(-c2nc3ccc(C(=O)c4ccccc4)cc3[nH]2)o1. The van der Waals surface area contributed by atoms with Crippen molar-refractivity contribution in [3.8, 4) is 11.6 Å². The number of hydrogen-bond donors (Lipinski definition) is 1. The van der Waals surface area contributed by atoms with Crippen molar-refractivity contribution in [3.63, 3.8) is 0 Å². The van der Waals surface area contributed by atoms with Gasteiger partial charge in [0.15, 0.2) is 17.4 Å². The number of furan rings is 1. The number of benzene rings is 2. The Labute approximate surface area is 151 Å². The zero-order chi connectivity index (χ0) is 18.1. The number of rotatable bonds is 5. The first-order valence-electron chi connectivity index (χ1n) is 8.43. The molecule has 0 saturated carbocycles. The van der Waals surface area contributed by atoms with Crippen molar-refractivity contribution in [2.24, 2.45) is 0 Å². The minimum atomic E-state index is -0.00471. The van der Waals surface area contributed by atoms with Crippen LogP contribution in [-0.2, 0) is 6.54 Å². The van der Waals surface area contributed by atoms with Gasteiger partial charge in [-0.3, -0.25) is 4.79 Å². The number of H-pyrrole nitrogens is 1. The maximum Gasteiger partial charge on any atom is 0.193 e. The highest BCUT2D eigenvalue weighted by atomic mass is 16.3. The molecule has 130 valence electrons. The summed E-state index contributed by atoms with van der Waals surface area (Å²) in [6.45, 7) is 0.732. The van der Waals surface area contributed by atoms with Crippen molar-refractivity contribution in [2.45, 2.75) is 6.54 Å². The Kier molecular flexibility index (Phi) is 4.14. The van der Waals surface area contributed by atoms with E-state index in [2.05, 4.69) is 9.97 Å². The lowest BCUT2D eigenvalue weighted by atomic mass is 10.0. The number of nitrogens with one attached hydrogen (secondary N) is 1. The van der Waals surface area contributed by atoms with Crippen LogP contribution in [0.2, 0.25) is 0 Å². The molecule has 0 bridgehead atoms. The number of nitrogens with zero attached hydrogens (tertiary/aromatic N) is 2. The van der Waals surface area contributed by atoms with Crippen molar-refractivity contribution >= 4 is 16.8 Å². The number of fused-ring (bicyclic) bond motifs is 1. The van der Waals surface area contributed by atoms with Gasteiger partial charge in [-0.2, -0.15) is 0 Å². The van der Waals surface area contributed by atoms with Crippen LogP contribution in [0, 0.1) is 0 Å². The maximum absolute atomic E-state index is 12.6. The second-order valence-electron chi connectivity index (χ2n) is 6.52. The van der Waals surface area contributed by atoms with Gasteiger partial charge in [0.25, 0.3) is 0 Å². The summed E-state index contributed by atoms with van der Waals surface area (Å²) in [4.78, 5) is 22.5. The highest BCUT2D eigenvalue weighted by Crippen LogP contribution is 2.24. The van der Waals surface area contributed by atoms with Crippen LogP contribution in [0.3, 0.4) is 0 Å². The van der Waals surface area contributed by atoms with Gasteiger partial charge in [0.05, 0.1) is 17.6 Å². The molecule has 5 heteroatoms. The number of ketones is 1. The van der Waals surface area contributed by atoms with E-state index in [4.69, 9.17) is 4.42 Å². The van der Waals surface area contributed by atoms with E-state index in [0.29, 0.717) is 22.7 Å². The molecule has 0 atom stereocenters. The van der Waals surface area contributed by atoms with E-state index in [1.807, 2.05) is 79.7 Å². The molecule has 4 aromatic rings. The molecule has 5 nitrogen and oxygen atoms in total. The van der Waals surface area contributed by atoms with E-state index in [0.717, 1.165) is 23.3 Å². The van der Waals surface area contributed by atoms with Gasteiger partial charge in [0.1, 0.15) is 5.76 Å². The lowest BCUT2D eigenvalue weighted by molar-refractivity contribution is 0.103. The summed E-state index contributed by atoms with van der Waals surface area (Å²) < 4.78 is 5.85. The Morgan fingerprint density at radius 1 is 1.04 bits per heavy atom. The predicted molar refractivity (Wildman–Crippen MR) is 101 cm³/mol. The van der Waals surface area contributed by atoms with Crippen molar-refractivity contribution < 1.29 is 9.21 Å². The molecule has 2 aromatic carbocycles. The Bertz CT molecular complexity index is 1060. The molecule has 0 saturated heterocycles. The van der Waals surface area contributed by atoms with E-state index in [-0.39, 0.29) is 5.78 Å². The van der Waals surface area contributed by atoms with Crippen LogP contribution in [0.1, 0.15) is 21.7 Å². The van der Waals surface area contributed by atoms with Gasteiger partial charge in [-0.15, -0.1) is 0 Å². The molecule has 0 amide bonds. The van der Waals surface area contributed by atoms with Crippen LogP contribution in [0.4, 0.5) is 0 Å². The molecule has 2 aromatic heterocycles. The molecular formula is C21H19N3O2. The fraction of sp³-hybridized carbons (Fsp3) is 0.143. The van der Waals surface area contributed by atoms with Crippen molar-refractivity contribution in [3.05, 3.63) is 77.6 Å². The zero-order valence-electron chi connectivity index (χ0n) is 14.7. The minimum Gasteiger partial charge on any atom is -0.456 e. The molecule has 0 aliphatic carbocycles. The van der Waals surface area contributed by atoms with Crippen LogP contribution in [-0.4, -0.2) is 34.7 Å². The fourth-order valence-electron chi connectivity index (χ4n) is 2.93. The Morgan fingerprint density at radius 2 is 1.85 bits per heavy atom.